The maximum absolute atomic E-state index is 12.5. The molecule has 112 valence electrons. The minimum absolute atomic E-state index is 0.334. The fraction of sp³-hybridized carbons (Fsp3) is 0.400. The molecule has 5 nitrogen and oxygen atoms in total. The number of benzene rings is 1. The fourth-order valence-electron chi connectivity index (χ4n) is 2.24. The zero-order valence-electron chi connectivity index (χ0n) is 12.1. The Balaban J connectivity index is 2.20. The van der Waals surface area contributed by atoms with Crippen LogP contribution < -0.4 is 5.32 Å². The molecule has 6 heteroatoms. The quantitative estimate of drug-likeness (QED) is 0.666. The number of nitrogens with zero attached hydrogens (tertiary/aromatic N) is 1. The third kappa shape index (κ3) is 3.44. The van der Waals surface area contributed by atoms with Crippen LogP contribution in [0.1, 0.15) is 23.5 Å². The van der Waals surface area contributed by atoms with E-state index in [1.54, 1.807) is 23.9 Å². The van der Waals surface area contributed by atoms with Gasteiger partial charge in [-0.3, -0.25) is 19.8 Å². The average Bonchev–Trinajstić information content (AvgIpc) is 2.44. The van der Waals surface area contributed by atoms with Gasteiger partial charge in [0.05, 0.1) is 0 Å². The molecule has 0 spiro atoms. The lowest BCUT2D eigenvalue weighted by atomic mass is 9.94. The number of aryl methyl sites for hydroxylation is 1. The van der Waals surface area contributed by atoms with Gasteiger partial charge in [-0.2, -0.15) is 11.8 Å². The highest BCUT2D eigenvalue weighted by Gasteiger charge is 2.40. The van der Waals surface area contributed by atoms with Crippen molar-refractivity contribution in [3.05, 3.63) is 35.4 Å². The number of carbonyl (C=O) groups excluding carboxylic acids is 3. The Bertz CT molecular complexity index is 557. The van der Waals surface area contributed by atoms with Crippen LogP contribution in [-0.4, -0.2) is 41.3 Å². The minimum Gasteiger partial charge on any atom is -0.277 e. The Morgan fingerprint density at radius 3 is 2.48 bits per heavy atom. The van der Waals surface area contributed by atoms with E-state index in [-0.39, 0.29) is 0 Å². The van der Waals surface area contributed by atoms with Crippen LogP contribution in [0.5, 0.6) is 0 Å². The van der Waals surface area contributed by atoms with E-state index < -0.39 is 23.8 Å². The molecule has 2 rings (SSSR count). The van der Waals surface area contributed by atoms with Crippen LogP contribution in [0.15, 0.2) is 24.3 Å². The lowest BCUT2D eigenvalue weighted by molar-refractivity contribution is -0.138. The molecule has 0 saturated carbocycles. The SMILES string of the molecule is CSCCCN1C(=O)NC(=O)C(c2ccc(C)cc2)C1=O. The number of hydrogen-bond acceptors (Lipinski definition) is 4. The first kappa shape index (κ1) is 15.6. The molecule has 1 saturated heterocycles. The fourth-order valence-corrected chi connectivity index (χ4v) is 2.66. The summed E-state index contributed by atoms with van der Waals surface area (Å²) in [6, 6.07) is 6.60. The van der Waals surface area contributed by atoms with Gasteiger partial charge in [-0.05, 0) is 30.9 Å². The summed E-state index contributed by atoms with van der Waals surface area (Å²) in [5, 5.41) is 2.27. The molecule has 1 fully saturated rings. The van der Waals surface area contributed by atoms with Gasteiger partial charge in [0.2, 0.25) is 11.8 Å². The van der Waals surface area contributed by atoms with Gasteiger partial charge in [0.25, 0.3) is 0 Å². The van der Waals surface area contributed by atoms with Gasteiger partial charge >= 0.3 is 6.03 Å². The highest BCUT2D eigenvalue weighted by atomic mass is 32.2. The van der Waals surface area contributed by atoms with Crippen LogP contribution >= 0.6 is 11.8 Å². The van der Waals surface area contributed by atoms with Crippen LogP contribution in [0.3, 0.4) is 0 Å². The predicted octanol–water partition coefficient (Wildman–Crippen LogP) is 1.91. The molecular formula is C15H18N2O3S. The molecule has 0 radical (unpaired) electrons. The zero-order valence-corrected chi connectivity index (χ0v) is 12.9. The summed E-state index contributed by atoms with van der Waals surface area (Å²) < 4.78 is 0. The highest BCUT2D eigenvalue weighted by Crippen LogP contribution is 2.23. The maximum atomic E-state index is 12.5. The van der Waals surface area contributed by atoms with Crippen molar-refractivity contribution in [3.8, 4) is 0 Å². The summed E-state index contributed by atoms with van der Waals surface area (Å²) in [4.78, 5) is 37.4. The Morgan fingerprint density at radius 1 is 1.19 bits per heavy atom. The second-order valence-corrected chi connectivity index (χ2v) is 5.96. The number of urea groups is 1. The Morgan fingerprint density at radius 2 is 1.86 bits per heavy atom. The highest BCUT2D eigenvalue weighted by molar-refractivity contribution is 7.98. The topological polar surface area (TPSA) is 66.5 Å². The molecule has 21 heavy (non-hydrogen) atoms. The zero-order chi connectivity index (χ0) is 15.4. The predicted molar refractivity (Wildman–Crippen MR) is 82.2 cm³/mol. The van der Waals surface area contributed by atoms with Crippen molar-refractivity contribution in [2.24, 2.45) is 0 Å². The number of carbonyl (C=O) groups is 3. The van der Waals surface area contributed by atoms with E-state index in [9.17, 15) is 14.4 Å². The van der Waals surface area contributed by atoms with E-state index in [0.29, 0.717) is 12.1 Å². The lowest BCUT2D eigenvalue weighted by Gasteiger charge is -2.30. The van der Waals surface area contributed by atoms with E-state index >= 15 is 0 Å². The molecule has 1 aromatic rings. The maximum Gasteiger partial charge on any atom is 0.330 e. The number of barbiturate groups is 1. The number of rotatable bonds is 5. The third-order valence-corrected chi connectivity index (χ3v) is 4.09. The lowest BCUT2D eigenvalue weighted by Crippen LogP contribution is -2.57. The normalized spacial score (nSPS) is 18.9. The standard InChI is InChI=1S/C15H18N2O3S/c1-10-4-6-11(7-5-10)12-13(18)16-15(20)17(14(12)19)8-3-9-21-2/h4-7,12H,3,8-9H2,1-2H3,(H,16,18,20). The monoisotopic (exact) mass is 306 g/mol. The van der Waals surface area contributed by atoms with Gasteiger partial charge in [0, 0.05) is 6.54 Å². The van der Waals surface area contributed by atoms with Crippen molar-refractivity contribution in [3.63, 3.8) is 0 Å². The van der Waals surface area contributed by atoms with Crippen LogP contribution in [-0.2, 0) is 9.59 Å². The van der Waals surface area contributed by atoms with Crippen molar-refractivity contribution in [1.82, 2.24) is 10.2 Å². The Labute approximate surface area is 128 Å². The van der Waals surface area contributed by atoms with Gasteiger partial charge in [-0.1, -0.05) is 29.8 Å². The van der Waals surface area contributed by atoms with Crippen LogP contribution in [0.4, 0.5) is 4.79 Å². The van der Waals surface area contributed by atoms with E-state index in [4.69, 9.17) is 0 Å². The Hall–Kier alpha value is -1.82. The van der Waals surface area contributed by atoms with Crippen molar-refractivity contribution >= 4 is 29.6 Å². The second kappa shape index (κ2) is 6.76. The van der Waals surface area contributed by atoms with Gasteiger partial charge in [0.15, 0.2) is 0 Å². The number of nitrogens with one attached hydrogen (secondary N) is 1. The van der Waals surface area contributed by atoms with E-state index in [1.807, 2.05) is 25.3 Å². The first-order valence-corrected chi connectivity index (χ1v) is 8.15. The number of amides is 4. The molecule has 1 aromatic carbocycles. The molecule has 0 bridgehead atoms. The number of hydrogen-bond donors (Lipinski definition) is 1. The van der Waals surface area contributed by atoms with Crippen molar-refractivity contribution < 1.29 is 14.4 Å². The first-order chi connectivity index (χ1) is 10.0. The first-order valence-electron chi connectivity index (χ1n) is 6.76. The molecule has 1 aliphatic heterocycles. The summed E-state index contributed by atoms with van der Waals surface area (Å²) in [7, 11) is 0. The van der Waals surface area contributed by atoms with Crippen LogP contribution in [0, 0.1) is 6.92 Å². The summed E-state index contributed by atoms with van der Waals surface area (Å²) in [6.07, 6.45) is 2.69. The largest absolute Gasteiger partial charge is 0.330 e. The second-order valence-electron chi connectivity index (χ2n) is 4.97. The molecular weight excluding hydrogens is 288 g/mol. The van der Waals surface area contributed by atoms with Gasteiger partial charge in [-0.15, -0.1) is 0 Å². The molecule has 1 unspecified atom stereocenters. The molecule has 0 aromatic heterocycles. The van der Waals surface area contributed by atoms with Crippen molar-refractivity contribution in [2.45, 2.75) is 19.3 Å². The molecule has 1 heterocycles. The van der Waals surface area contributed by atoms with Crippen LogP contribution in [0.25, 0.3) is 0 Å². The summed E-state index contributed by atoms with van der Waals surface area (Å²) in [5.41, 5.74) is 1.67. The van der Waals surface area contributed by atoms with E-state index in [1.165, 1.54) is 0 Å². The number of imide groups is 2. The summed E-state index contributed by atoms with van der Waals surface area (Å²) >= 11 is 1.66. The van der Waals surface area contributed by atoms with E-state index in [0.717, 1.165) is 22.6 Å². The van der Waals surface area contributed by atoms with Crippen molar-refractivity contribution in [2.75, 3.05) is 18.6 Å². The minimum atomic E-state index is -0.933. The van der Waals surface area contributed by atoms with Gasteiger partial charge < -0.3 is 0 Å². The van der Waals surface area contributed by atoms with Crippen LogP contribution in [0.2, 0.25) is 0 Å². The smallest absolute Gasteiger partial charge is 0.277 e. The molecule has 1 N–H and O–H groups in total. The average molecular weight is 306 g/mol. The summed E-state index contributed by atoms with van der Waals surface area (Å²) in [6.45, 7) is 2.27. The molecule has 4 amide bonds. The molecule has 0 aliphatic carbocycles. The molecule has 1 atom stereocenters. The van der Waals surface area contributed by atoms with Crippen molar-refractivity contribution in [1.29, 1.82) is 0 Å². The Kier molecular flexibility index (Phi) is 5.01. The van der Waals surface area contributed by atoms with E-state index in [2.05, 4.69) is 5.32 Å². The van der Waals surface area contributed by atoms with Gasteiger partial charge in [0.1, 0.15) is 5.92 Å². The molecule has 1 aliphatic rings. The summed E-state index contributed by atoms with van der Waals surface area (Å²) in [5.74, 6) is -1.05. The van der Waals surface area contributed by atoms with Gasteiger partial charge in [-0.25, -0.2) is 4.79 Å². The number of thioether (sulfide) groups is 1. The third-order valence-electron chi connectivity index (χ3n) is 3.39.